The predicted molar refractivity (Wildman–Crippen MR) is 96.4 cm³/mol. The average Bonchev–Trinajstić information content (AvgIpc) is 3.10. The van der Waals surface area contributed by atoms with Gasteiger partial charge in [-0.05, 0) is 36.4 Å². The Labute approximate surface area is 146 Å². The second-order valence-corrected chi connectivity index (χ2v) is 6.36. The lowest BCUT2D eigenvalue weighted by Gasteiger charge is -2.13. The summed E-state index contributed by atoms with van der Waals surface area (Å²) < 4.78 is 4.36. The number of hydrogen-bond donors (Lipinski definition) is 0. The lowest BCUT2D eigenvalue weighted by molar-refractivity contribution is 0.677. The number of nitrogens with zero attached hydrogens (tertiary/aromatic N) is 4. The van der Waals surface area contributed by atoms with Crippen LogP contribution < -0.4 is 5.56 Å². The van der Waals surface area contributed by atoms with Crippen LogP contribution in [0.1, 0.15) is 5.56 Å². The van der Waals surface area contributed by atoms with Gasteiger partial charge in [0.05, 0.1) is 12.1 Å². The van der Waals surface area contributed by atoms with E-state index in [1.165, 1.54) is 6.33 Å². The summed E-state index contributed by atoms with van der Waals surface area (Å²) in [5.74, 6) is 0. The van der Waals surface area contributed by atoms with Gasteiger partial charge in [0.25, 0.3) is 5.56 Å². The zero-order valence-electron chi connectivity index (χ0n) is 12.6. The van der Waals surface area contributed by atoms with Crippen LogP contribution in [0.3, 0.4) is 0 Å². The Bertz CT molecular complexity index is 1060. The Hall–Kier alpha value is -2.73. The fourth-order valence-corrected chi connectivity index (χ4v) is 3.16. The number of para-hydroxylation sites is 1. The SMILES string of the molecule is O=c1c(Cn2cncn2)cc2cc(Br)ccc2n1-c1ccccc1. The zero-order chi connectivity index (χ0) is 16.5. The quantitative estimate of drug-likeness (QED) is 0.547. The topological polar surface area (TPSA) is 52.7 Å². The summed E-state index contributed by atoms with van der Waals surface area (Å²) in [7, 11) is 0. The molecule has 0 fully saturated rings. The molecule has 6 heteroatoms. The average molecular weight is 381 g/mol. The van der Waals surface area contributed by atoms with Crippen LogP contribution in [-0.4, -0.2) is 19.3 Å². The minimum atomic E-state index is -0.0495. The van der Waals surface area contributed by atoms with Crippen LogP contribution in [0.15, 0.2) is 76.5 Å². The van der Waals surface area contributed by atoms with Crippen molar-refractivity contribution >= 4 is 26.8 Å². The number of halogens is 1. The summed E-state index contributed by atoms with van der Waals surface area (Å²) in [5.41, 5.74) is 2.33. The molecule has 0 saturated heterocycles. The standard InChI is InChI=1S/C18H13BrN4O/c19-15-6-7-17-13(9-15)8-14(10-22-12-20-11-21-22)18(24)23(17)16-4-2-1-3-5-16/h1-9,11-12H,10H2. The Kier molecular flexibility index (Phi) is 3.74. The maximum atomic E-state index is 13.1. The molecule has 0 spiro atoms. The molecule has 4 rings (SSSR count). The fraction of sp³-hybridized carbons (Fsp3) is 0.0556. The Morgan fingerprint density at radius 1 is 1.04 bits per heavy atom. The molecule has 0 amide bonds. The van der Waals surface area contributed by atoms with Crippen molar-refractivity contribution in [1.29, 1.82) is 0 Å². The van der Waals surface area contributed by atoms with E-state index < -0.39 is 0 Å². The molecule has 0 N–H and O–H groups in total. The predicted octanol–water partition coefficient (Wildman–Crippen LogP) is 3.39. The van der Waals surface area contributed by atoms with Gasteiger partial charge in [-0.15, -0.1) is 0 Å². The van der Waals surface area contributed by atoms with Gasteiger partial charge in [0.1, 0.15) is 12.7 Å². The molecule has 2 heterocycles. The van der Waals surface area contributed by atoms with Gasteiger partial charge < -0.3 is 0 Å². The molecule has 0 aliphatic carbocycles. The Balaban J connectivity index is 2.01. The highest BCUT2D eigenvalue weighted by molar-refractivity contribution is 9.10. The number of fused-ring (bicyclic) bond motifs is 1. The molecule has 0 unspecified atom stereocenters. The van der Waals surface area contributed by atoms with E-state index in [9.17, 15) is 4.79 Å². The lowest BCUT2D eigenvalue weighted by Crippen LogP contribution is -2.24. The van der Waals surface area contributed by atoms with Gasteiger partial charge in [-0.3, -0.25) is 9.36 Å². The zero-order valence-corrected chi connectivity index (χ0v) is 14.2. The molecule has 24 heavy (non-hydrogen) atoms. The first kappa shape index (κ1) is 14.8. The molecule has 0 aliphatic heterocycles. The molecule has 2 aromatic carbocycles. The maximum Gasteiger partial charge on any atom is 0.260 e. The fourth-order valence-electron chi connectivity index (χ4n) is 2.78. The van der Waals surface area contributed by atoms with E-state index in [2.05, 4.69) is 26.0 Å². The minimum absolute atomic E-state index is 0.0495. The summed E-state index contributed by atoms with van der Waals surface area (Å²) >= 11 is 3.50. The molecule has 0 atom stereocenters. The first-order chi connectivity index (χ1) is 11.7. The van der Waals surface area contributed by atoms with E-state index in [0.29, 0.717) is 12.1 Å². The molecule has 0 saturated carbocycles. The summed E-state index contributed by atoms with van der Waals surface area (Å²) in [6.07, 6.45) is 3.07. The summed E-state index contributed by atoms with van der Waals surface area (Å²) in [4.78, 5) is 17.0. The Morgan fingerprint density at radius 2 is 1.88 bits per heavy atom. The van der Waals surface area contributed by atoms with E-state index in [-0.39, 0.29) is 5.56 Å². The number of benzene rings is 2. The van der Waals surface area contributed by atoms with Crippen molar-refractivity contribution in [2.45, 2.75) is 6.54 Å². The number of rotatable bonds is 3. The highest BCUT2D eigenvalue weighted by Crippen LogP contribution is 2.22. The number of aromatic nitrogens is 4. The summed E-state index contributed by atoms with van der Waals surface area (Å²) in [6, 6.07) is 17.5. The first-order valence-electron chi connectivity index (χ1n) is 7.44. The maximum absolute atomic E-state index is 13.1. The van der Waals surface area contributed by atoms with Crippen molar-refractivity contribution in [3.05, 3.63) is 87.6 Å². The molecule has 0 bridgehead atoms. The largest absolute Gasteiger partial charge is 0.277 e. The van der Waals surface area contributed by atoms with Crippen molar-refractivity contribution in [1.82, 2.24) is 19.3 Å². The van der Waals surface area contributed by atoms with Crippen molar-refractivity contribution in [3.63, 3.8) is 0 Å². The third-order valence-corrected chi connectivity index (χ3v) is 4.34. The smallest absolute Gasteiger partial charge is 0.260 e. The van der Waals surface area contributed by atoms with E-state index in [4.69, 9.17) is 0 Å². The molecule has 2 aromatic heterocycles. The number of pyridine rings is 1. The van der Waals surface area contributed by atoms with Crippen molar-refractivity contribution in [2.24, 2.45) is 0 Å². The van der Waals surface area contributed by atoms with Crippen molar-refractivity contribution < 1.29 is 0 Å². The molecule has 0 aliphatic rings. The normalized spacial score (nSPS) is 11.0. The van der Waals surface area contributed by atoms with E-state index >= 15 is 0 Å². The summed E-state index contributed by atoms with van der Waals surface area (Å²) in [6.45, 7) is 0.383. The van der Waals surface area contributed by atoms with Gasteiger partial charge in [-0.2, -0.15) is 5.10 Å². The minimum Gasteiger partial charge on any atom is -0.277 e. The van der Waals surface area contributed by atoms with E-state index in [0.717, 1.165) is 21.1 Å². The van der Waals surface area contributed by atoms with Crippen LogP contribution in [0.2, 0.25) is 0 Å². The van der Waals surface area contributed by atoms with Crippen LogP contribution in [0.25, 0.3) is 16.6 Å². The van der Waals surface area contributed by atoms with Gasteiger partial charge in [0.15, 0.2) is 0 Å². The monoisotopic (exact) mass is 380 g/mol. The molecule has 118 valence electrons. The van der Waals surface area contributed by atoms with Gasteiger partial charge in [-0.1, -0.05) is 34.1 Å². The van der Waals surface area contributed by atoms with Crippen molar-refractivity contribution in [2.75, 3.05) is 0 Å². The summed E-state index contributed by atoms with van der Waals surface area (Å²) in [5, 5.41) is 5.09. The highest BCUT2D eigenvalue weighted by atomic mass is 79.9. The number of hydrogen-bond acceptors (Lipinski definition) is 3. The molecular weight excluding hydrogens is 368 g/mol. The second kappa shape index (κ2) is 6.05. The highest BCUT2D eigenvalue weighted by Gasteiger charge is 2.12. The van der Waals surface area contributed by atoms with Gasteiger partial charge in [0.2, 0.25) is 0 Å². The lowest BCUT2D eigenvalue weighted by atomic mass is 10.1. The van der Waals surface area contributed by atoms with E-state index in [1.807, 2.05) is 54.6 Å². The van der Waals surface area contributed by atoms with Gasteiger partial charge in [0, 0.05) is 21.1 Å². The molecule has 4 aromatic rings. The van der Waals surface area contributed by atoms with Crippen LogP contribution in [0.5, 0.6) is 0 Å². The van der Waals surface area contributed by atoms with E-state index in [1.54, 1.807) is 15.6 Å². The third-order valence-electron chi connectivity index (χ3n) is 3.85. The van der Waals surface area contributed by atoms with Crippen molar-refractivity contribution in [3.8, 4) is 5.69 Å². The second-order valence-electron chi connectivity index (χ2n) is 5.44. The first-order valence-corrected chi connectivity index (χ1v) is 8.24. The van der Waals surface area contributed by atoms with Crippen LogP contribution in [-0.2, 0) is 6.54 Å². The van der Waals surface area contributed by atoms with Crippen LogP contribution in [0.4, 0.5) is 0 Å². The Morgan fingerprint density at radius 3 is 2.62 bits per heavy atom. The van der Waals surface area contributed by atoms with Crippen LogP contribution in [0, 0.1) is 0 Å². The molecular formula is C18H13BrN4O. The third kappa shape index (κ3) is 2.65. The van der Waals surface area contributed by atoms with Crippen LogP contribution >= 0.6 is 15.9 Å². The molecule has 0 radical (unpaired) electrons. The molecule has 5 nitrogen and oxygen atoms in total. The van der Waals surface area contributed by atoms with Gasteiger partial charge >= 0.3 is 0 Å². The van der Waals surface area contributed by atoms with Gasteiger partial charge in [-0.25, -0.2) is 9.67 Å².